The zero-order chi connectivity index (χ0) is 17.2. The molecule has 1 N–H and O–H groups in total. The van der Waals surface area contributed by atoms with Gasteiger partial charge in [-0.15, -0.1) is 0 Å². The van der Waals surface area contributed by atoms with Gasteiger partial charge in [-0.1, -0.05) is 18.2 Å². The van der Waals surface area contributed by atoms with Crippen molar-refractivity contribution in [2.75, 3.05) is 16.8 Å². The molecular formula is C20H17N5. The Bertz CT molecular complexity index is 957. The van der Waals surface area contributed by atoms with Gasteiger partial charge >= 0.3 is 0 Å². The van der Waals surface area contributed by atoms with E-state index in [1.807, 2.05) is 25.1 Å². The smallest absolute Gasteiger partial charge is 0.138 e. The van der Waals surface area contributed by atoms with E-state index in [1.165, 1.54) is 11.3 Å². The Kier molecular flexibility index (Phi) is 3.79. The van der Waals surface area contributed by atoms with Gasteiger partial charge in [0.15, 0.2) is 0 Å². The van der Waals surface area contributed by atoms with Crippen LogP contribution in [0.5, 0.6) is 0 Å². The largest absolute Gasteiger partial charge is 0.340 e. The average molecular weight is 327 g/mol. The minimum absolute atomic E-state index is 0.638. The highest BCUT2D eigenvalue weighted by atomic mass is 15.2. The van der Waals surface area contributed by atoms with Crippen molar-refractivity contribution in [3.63, 3.8) is 0 Å². The molecule has 122 valence electrons. The van der Waals surface area contributed by atoms with E-state index in [0.717, 1.165) is 36.1 Å². The third-order valence-corrected chi connectivity index (χ3v) is 4.27. The molecule has 2 heterocycles. The molecule has 25 heavy (non-hydrogen) atoms. The van der Waals surface area contributed by atoms with Gasteiger partial charge in [-0.3, -0.25) is 0 Å². The van der Waals surface area contributed by atoms with Crippen molar-refractivity contribution in [1.29, 1.82) is 5.26 Å². The van der Waals surface area contributed by atoms with Crippen LogP contribution in [0.2, 0.25) is 0 Å². The highest BCUT2D eigenvalue weighted by Gasteiger charge is 2.21. The van der Waals surface area contributed by atoms with Crippen molar-refractivity contribution in [2.45, 2.75) is 13.3 Å². The topological polar surface area (TPSA) is 64.8 Å². The highest BCUT2D eigenvalue weighted by Crippen LogP contribution is 2.34. The van der Waals surface area contributed by atoms with E-state index in [1.54, 1.807) is 12.1 Å². The van der Waals surface area contributed by atoms with Crippen LogP contribution in [0.3, 0.4) is 0 Å². The number of aryl methyl sites for hydroxylation is 1. The second kappa shape index (κ2) is 6.25. The molecule has 4 rings (SSSR count). The van der Waals surface area contributed by atoms with Gasteiger partial charge in [0.25, 0.3) is 0 Å². The number of aromatic nitrogens is 2. The fourth-order valence-corrected chi connectivity index (χ4v) is 3.11. The summed E-state index contributed by atoms with van der Waals surface area (Å²) < 4.78 is 0. The Morgan fingerprint density at radius 1 is 1.08 bits per heavy atom. The lowest BCUT2D eigenvalue weighted by molar-refractivity contribution is 0.947. The summed E-state index contributed by atoms with van der Waals surface area (Å²) in [4.78, 5) is 11.3. The van der Waals surface area contributed by atoms with Crippen LogP contribution in [0.25, 0.3) is 0 Å². The molecule has 1 aliphatic heterocycles. The van der Waals surface area contributed by atoms with Crippen LogP contribution in [-0.4, -0.2) is 16.5 Å². The second-order valence-corrected chi connectivity index (χ2v) is 6.00. The van der Waals surface area contributed by atoms with Crippen LogP contribution in [0.4, 0.5) is 23.0 Å². The van der Waals surface area contributed by atoms with Crippen LogP contribution in [0.1, 0.15) is 17.0 Å². The molecule has 5 heteroatoms. The number of nitriles is 1. The van der Waals surface area contributed by atoms with Crippen molar-refractivity contribution >= 4 is 23.0 Å². The highest BCUT2D eigenvalue weighted by molar-refractivity contribution is 5.70. The molecule has 0 atom stereocenters. The first kappa shape index (κ1) is 15.2. The van der Waals surface area contributed by atoms with Crippen molar-refractivity contribution in [3.8, 4) is 6.07 Å². The number of nitrogens with one attached hydrogen (secondary N) is 1. The molecule has 0 radical (unpaired) electrons. The fraction of sp³-hybridized carbons (Fsp3) is 0.150. The van der Waals surface area contributed by atoms with E-state index in [0.29, 0.717) is 5.56 Å². The first-order chi connectivity index (χ1) is 12.2. The fourth-order valence-electron chi connectivity index (χ4n) is 3.11. The van der Waals surface area contributed by atoms with Gasteiger partial charge in [0.05, 0.1) is 11.6 Å². The van der Waals surface area contributed by atoms with Gasteiger partial charge in [-0.25, -0.2) is 9.97 Å². The molecule has 2 aromatic carbocycles. The first-order valence-electron chi connectivity index (χ1n) is 8.21. The maximum absolute atomic E-state index is 8.90. The Labute approximate surface area is 146 Å². The number of hydrogen-bond acceptors (Lipinski definition) is 5. The van der Waals surface area contributed by atoms with E-state index in [4.69, 9.17) is 5.26 Å². The minimum Gasteiger partial charge on any atom is -0.340 e. The summed E-state index contributed by atoms with van der Waals surface area (Å²) in [6.07, 6.45) is 1.03. The second-order valence-electron chi connectivity index (χ2n) is 6.00. The molecule has 0 aliphatic carbocycles. The number of fused-ring (bicyclic) bond motifs is 1. The summed E-state index contributed by atoms with van der Waals surface area (Å²) in [6.45, 7) is 2.82. The number of hydrogen-bond donors (Lipinski definition) is 1. The Balaban J connectivity index is 1.64. The van der Waals surface area contributed by atoms with Crippen molar-refractivity contribution in [1.82, 2.24) is 9.97 Å². The summed E-state index contributed by atoms with van der Waals surface area (Å²) in [5, 5.41) is 12.2. The monoisotopic (exact) mass is 327 g/mol. The van der Waals surface area contributed by atoms with Gasteiger partial charge in [0.2, 0.25) is 0 Å². The number of para-hydroxylation sites is 1. The Morgan fingerprint density at radius 3 is 2.68 bits per heavy atom. The van der Waals surface area contributed by atoms with E-state index < -0.39 is 0 Å². The van der Waals surface area contributed by atoms with Crippen molar-refractivity contribution in [3.05, 3.63) is 71.5 Å². The van der Waals surface area contributed by atoms with Gasteiger partial charge in [-0.2, -0.15) is 5.26 Å². The lowest BCUT2D eigenvalue weighted by Gasteiger charge is -2.19. The van der Waals surface area contributed by atoms with Crippen molar-refractivity contribution in [2.24, 2.45) is 0 Å². The van der Waals surface area contributed by atoms with Crippen LogP contribution in [0, 0.1) is 18.3 Å². The number of anilines is 4. The predicted molar refractivity (Wildman–Crippen MR) is 98.4 cm³/mol. The van der Waals surface area contributed by atoms with E-state index in [9.17, 15) is 0 Å². The van der Waals surface area contributed by atoms with Crippen LogP contribution in [0.15, 0.2) is 54.6 Å². The molecule has 0 fully saturated rings. The lowest BCUT2D eigenvalue weighted by Crippen LogP contribution is -2.16. The number of rotatable bonds is 3. The van der Waals surface area contributed by atoms with E-state index >= 15 is 0 Å². The molecular weight excluding hydrogens is 310 g/mol. The number of nitrogens with zero attached hydrogens (tertiary/aromatic N) is 4. The summed E-state index contributed by atoms with van der Waals surface area (Å²) in [6, 6.07) is 19.8. The summed E-state index contributed by atoms with van der Waals surface area (Å²) in [5.74, 6) is 2.36. The van der Waals surface area contributed by atoms with Gasteiger partial charge < -0.3 is 10.2 Å². The minimum atomic E-state index is 0.638. The quantitative estimate of drug-likeness (QED) is 0.785. The molecule has 3 aromatic rings. The summed E-state index contributed by atoms with van der Waals surface area (Å²) in [7, 11) is 0. The summed E-state index contributed by atoms with van der Waals surface area (Å²) in [5.41, 5.74) is 4.09. The van der Waals surface area contributed by atoms with Crippen LogP contribution >= 0.6 is 0 Å². The third kappa shape index (κ3) is 3.02. The first-order valence-corrected chi connectivity index (χ1v) is 8.21. The normalized spacial score (nSPS) is 12.6. The molecule has 0 amide bonds. The van der Waals surface area contributed by atoms with Crippen LogP contribution < -0.4 is 10.2 Å². The predicted octanol–water partition coefficient (Wildman–Crippen LogP) is 4.09. The molecule has 0 spiro atoms. The zero-order valence-electron chi connectivity index (χ0n) is 13.9. The van der Waals surface area contributed by atoms with Gasteiger partial charge in [-0.05, 0) is 49.2 Å². The van der Waals surface area contributed by atoms with Crippen molar-refractivity contribution < 1.29 is 0 Å². The summed E-state index contributed by atoms with van der Waals surface area (Å²) >= 11 is 0. The zero-order valence-corrected chi connectivity index (χ0v) is 13.9. The molecule has 0 saturated carbocycles. The molecule has 1 aromatic heterocycles. The molecule has 0 saturated heterocycles. The SMILES string of the molecule is Cc1nc(Nc2ccc(C#N)cc2)cc(N2CCc3ccccc32)n1. The van der Waals surface area contributed by atoms with Gasteiger partial charge in [0, 0.05) is 24.0 Å². The third-order valence-electron chi connectivity index (χ3n) is 4.27. The van der Waals surface area contributed by atoms with Crippen LogP contribution in [-0.2, 0) is 6.42 Å². The maximum Gasteiger partial charge on any atom is 0.138 e. The molecule has 0 bridgehead atoms. The Morgan fingerprint density at radius 2 is 1.88 bits per heavy atom. The molecule has 5 nitrogen and oxygen atoms in total. The van der Waals surface area contributed by atoms with E-state index in [-0.39, 0.29) is 0 Å². The van der Waals surface area contributed by atoms with E-state index in [2.05, 4.69) is 50.5 Å². The molecule has 1 aliphatic rings. The standard InChI is InChI=1S/C20H17N5/c1-14-22-19(24-17-8-6-15(13-21)7-9-17)12-20(23-14)25-11-10-16-4-2-3-5-18(16)25/h2-9,12H,10-11H2,1H3,(H,22,23,24). The average Bonchev–Trinajstić information content (AvgIpc) is 3.06. The molecule has 0 unspecified atom stereocenters. The lowest BCUT2D eigenvalue weighted by atomic mass is 10.2. The maximum atomic E-state index is 8.90. The Hall–Kier alpha value is -3.39. The number of benzene rings is 2. The van der Waals surface area contributed by atoms with Gasteiger partial charge in [0.1, 0.15) is 17.5 Å².